The van der Waals surface area contributed by atoms with Gasteiger partial charge in [-0.15, -0.1) is 0 Å². The van der Waals surface area contributed by atoms with E-state index in [1.54, 1.807) is 5.92 Å². The molecule has 0 bridgehead atoms. The molecule has 0 aliphatic rings. The molecule has 1 radical (unpaired) electrons. The first-order valence-electron chi connectivity index (χ1n) is 5.84. The second kappa shape index (κ2) is 6.35. The summed E-state index contributed by atoms with van der Waals surface area (Å²) >= 11 is 0. The number of hydrogen-bond donors (Lipinski definition) is 0. The summed E-state index contributed by atoms with van der Waals surface area (Å²) in [6.07, 6.45) is 3.66. The van der Waals surface area contributed by atoms with E-state index in [-0.39, 0.29) is 24.0 Å². The van der Waals surface area contributed by atoms with Crippen LogP contribution >= 0.6 is 0 Å². The fourth-order valence-corrected chi connectivity index (χ4v) is 2.03. The Morgan fingerprint density at radius 2 is 1.53 bits per heavy atom. The van der Waals surface area contributed by atoms with Crippen LogP contribution in [0.1, 0.15) is 61.8 Å². The predicted octanol–water partition coefficient (Wildman–Crippen LogP) is 4.90. The molecule has 0 N–H and O–H groups in total. The van der Waals surface area contributed by atoms with E-state index < -0.39 is 0 Å². The average molecular weight is 247 g/mol. The standard InChI is InChI=1S/C14H28.V/c1-9-12(4)14(7,8)13(5,6)10-11(2)3;/h10-11H,9H2,1-8H3;/q-2;+2. The molecule has 0 atom stereocenters. The molecule has 0 rings (SSSR count). The van der Waals surface area contributed by atoms with Crippen LogP contribution in [-0.4, -0.2) is 0 Å². The maximum Gasteiger partial charge on any atom is 2.00 e. The summed E-state index contributed by atoms with van der Waals surface area (Å²) in [6.45, 7) is 18.5. The number of hydrogen-bond acceptors (Lipinski definition) is 0. The molecule has 0 heterocycles. The van der Waals surface area contributed by atoms with Crippen molar-refractivity contribution in [1.82, 2.24) is 0 Å². The Morgan fingerprint density at radius 3 is 1.80 bits per heavy atom. The first-order chi connectivity index (χ1) is 6.15. The normalized spacial score (nSPS) is 13.2. The minimum Gasteiger partial charge on any atom is -0.322 e. The molecule has 0 unspecified atom stereocenters. The fourth-order valence-electron chi connectivity index (χ4n) is 2.03. The van der Waals surface area contributed by atoms with E-state index in [2.05, 4.69) is 61.8 Å². The van der Waals surface area contributed by atoms with Crippen LogP contribution in [0.2, 0.25) is 0 Å². The topological polar surface area (TPSA) is 0 Å². The molecule has 0 nitrogen and oxygen atoms in total. The van der Waals surface area contributed by atoms with Gasteiger partial charge >= 0.3 is 18.6 Å². The van der Waals surface area contributed by atoms with E-state index >= 15 is 0 Å². The smallest absolute Gasteiger partial charge is 0.322 e. The second-order valence-corrected chi connectivity index (χ2v) is 5.89. The van der Waals surface area contributed by atoms with Crippen LogP contribution in [0.15, 0.2) is 0 Å². The molecule has 0 amide bonds. The van der Waals surface area contributed by atoms with Crippen molar-refractivity contribution in [1.29, 1.82) is 0 Å². The molecule has 15 heavy (non-hydrogen) atoms. The first-order valence-corrected chi connectivity index (χ1v) is 5.84. The molecule has 89 valence electrons. The zero-order valence-electron chi connectivity index (χ0n) is 11.8. The average Bonchev–Trinajstić information content (AvgIpc) is 2.00. The van der Waals surface area contributed by atoms with E-state index in [9.17, 15) is 0 Å². The monoisotopic (exact) mass is 247 g/mol. The first kappa shape index (κ1) is 18.0. The van der Waals surface area contributed by atoms with Gasteiger partial charge in [0, 0.05) is 0 Å². The van der Waals surface area contributed by atoms with Gasteiger partial charge in [0.2, 0.25) is 0 Å². The largest absolute Gasteiger partial charge is 2.00 e. The van der Waals surface area contributed by atoms with Crippen molar-refractivity contribution in [3.05, 3.63) is 12.3 Å². The molecule has 0 aliphatic heterocycles. The summed E-state index contributed by atoms with van der Waals surface area (Å²) in [5.74, 6) is 2.26. The molecular formula is C14H28V. The van der Waals surface area contributed by atoms with Gasteiger partial charge in [-0.1, -0.05) is 48.5 Å². The van der Waals surface area contributed by atoms with Crippen LogP contribution in [0, 0.1) is 29.1 Å². The van der Waals surface area contributed by atoms with Crippen molar-refractivity contribution in [2.24, 2.45) is 16.7 Å². The van der Waals surface area contributed by atoms with Crippen molar-refractivity contribution in [3.63, 3.8) is 0 Å². The Morgan fingerprint density at radius 1 is 1.13 bits per heavy atom. The van der Waals surface area contributed by atoms with Crippen molar-refractivity contribution in [2.45, 2.75) is 61.8 Å². The Kier molecular flexibility index (Phi) is 7.61. The Balaban J connectivity index is 0. The summed E-state index contributed by atoms with van der Waals surface area (Å²) in [5, 5.41) is 0. The summed E-state index contributed by atoms with van der Waals surface area (Å²) in [5.41, 5.74) is 0.577. The Bertz CT molecular complexity index is 168. The molecule has 0 aromatic rings. The third kappa shape index (κ3) is 4.53. The van der Waals surface area contributed by atoms with Gasteiger partial charge in [0.1, 0.15) is 0 Å². The summed E-state index contributed by atoms with van der Waals surface area (Å²) < 4.78 is 0. The molecule has 0 aromatic carbocycles. The molecule has 0 fully saturated rings. The molecule has 0 saturated heterocycles. The van der Waals surface area contributed by atoms with Crippen LogP contribution in [0.3, 0.4) is 0 Å². The molecule has 1 heteroatoms. The van der Waals surface area contributed by atoms with E-state index in [0.29, 0.717) is 11.3 Å². The van der Waals surface area contributed by atoms with Crippen molar-refractivity contribution in [3.8, 4) is 0 Å². The maximum atomic E-state index is 2.48. The van der Waals surface area contributed by atoms with Crippen LogP contribution in [0.5, 0.6) is 0 Å². The van der Waals surface area contributed by atoms with Crippen LogP contribution in [0.4, 0.5) is 0 Å². The van der Waals surface area contributed by atoms with Crippen molar-refractivity contribution < 1.29 is 18.6 Å². The fraction of sp³-hybridized carbons (Fsp3) is 0.857. The third-order valence-electron chi connectivity index (χ3n) is 3.96. The van der Waals surface area contributed by atoms with E-state index in [1.807, 2.05) is 0 Å². The molecule has 0 saturated carbocycles. The van der Waals surface area contributed by atoms with Gasteiger partial charge in [-0.25, -0.2) is 0 Å². The van der Waals surface area contributed by atoms with Crippen molar-refractivity contribution in [2.75, 3.05) is 0 Å². The van der Waals surface area contributed by atoms with Crippen molar-refractivity contribution >= 4 is 0 Å². The minimum absolute atomic E-state index is 0. The Hall–Kier alpha value is 0.584. The molecular weight excluding hydrogens is 219 g/mol. The van der Waals surface area contributed by atoms with Gasteiger partial charge in [0.25, 0.3) is 0 Å². The zero-order valence-corrected chi connectivity index (χ0v) is 13.2. The maximum absolute atomic E-state index is 2.48. The quantitative estimate of drug-likeness (QED) is 0.606. The van der Waals surface area contributed by atoms with Gasteiger partial charge in [-0.05, 0) is 0 Å². The van der Waals surface area contributed by atoms with Gasteiger partial charge < -0.3 is 12.3 Å². The molecule has 0 aliphatic carbocycles. The van der Waals surface area contributed by atoms with Crippen LogP contribution in [-0.2, 0) is 18.6 Å². The summed E-state index contributed by atoms with van der Waals surface area (Å²) in [6, 6.07) is 0. The van der Waals surface area contributed by atoms with E-state index in [0.717, 1.165) is 0 Å². The summed E-state index contributed by atoms with van der Waals surface area (Å²) in [4.78, 5) is 0. The number of rotatable bonds is 5. The van der Waals surface area contributed by atoms with E-state index in [1.165, 1.54) is 6.42 Å². The predicted molar refractivity (Wildman–Crippen MR) is 65.9 cm³/mol. The van der Waals surface area contributed by atoms with Gasteiger partial charge in [0.15, 0.2) is 0 Å². The van der Waals surface area contributed by atoms with Crippen LogP contribution < -0.4 is 0 Å². The second-order valence-electron chi connectivity index (χ2n) is 5.89. The van der Waals surface area contributed by atoms with Crippen LogP contribution in [0.25, 0.3) is 0 Å². The van der Waals surface area contributed by atoms with Gasteiger partial charge in [-0.3, -0.25) is 0 Å². The SMILES string of the molecule is CC[C-](C)C(C)(C)C(C)(C)[CH-]C(C)C.[V+2]. The zero-order chi connectivity index (χ0) is 11.6. The van der Waals surface area contributed by atoms with E-state index in [4.69, 9.17) is 0 Å². The van der Waals surface area contributed by atoms with Gasteiger partial charge in [0.05, 0.1) is 0 Å². The Labute approximate surface area is 109 Å². The summed E-state index contributed by atoms with van der Waals surface area (Å²) in [7, 11) is 0. The molecule has 0 aromatic heterocycles. The molecule has 0 spiro atoms. The third-order valence-corrected chi connectivity index (χ3v) is 3.96. The van der Waals surface area contributed by atoms with Gasteiger partial charge in [-0.2, -0.15) is 30.1 Å². The minimum atomic E-state index is 0.